The van der Waals surface area contributed by atoms with E-state index in [4.69, 9.17) is 9.90 Å². The molecule has 0 aromatic carbocycles. The first-order valence-corrected chi connectivity index (χ1v) is 0.494. The maximum absolute atomic E-state index is 8.36. The Morgan fingerprint density at radius 3 is 2.00 bits per heavy atom. The summed E-state index contributed by atoms with van der Waals surface area (Å²) in [7, 11) is 0. The summed E-state index contributed by atoms with van der Waals surface area (Å²) in [5, 5.41) is 6.89. The van der Waals surface area contributed by atoms with Crippen LogP contribution >= 0.6 is 0 Å². The van der Waals surface area contributed by atoms with Crippen molar-refractivity contribution in [3.8, 4) is 0 Å². The minimum Gasteiger partial charge on any atom is -0.483 e. The predicted molar refractivity (Wildman–Crippen MR) is 14.3 cm³/mol. The van der Waals surface area contributed by atoms with Crippen molar-refractivity contribution in [2.24, 2.45) is 0 Å². The molecular weight excluding hydrogens is 83.1 g/mol. The summed E-state index contributed by atoms with van der Waals surface area (Å²) in [5.74, 6) is 0. The molecule has 0 aliphatic carbocycles. The number of hydrogen-bond donors (Lipinski definition) is 1. The van der Waals surface area contributed by atoms with Gasteiger partial charge in [-0.1, -0.05) is 0 Å². The van der Waals surface area contributed by atoms with E-state index in [9.17, 15) is 0 Å². The molecule has 18 valence electrons. The Bertz CT molecular complexity index is 22.4. The smallest absolute Gasteiger partial charge is 0.483 e. The predicted octanol–water partition coefficient (Wildman–Crippen LogP) is -2.73. The number of carboxylic acid groups (broad SMARTS) is 1. The number of rotatable bonds is 0. The molecule has 0 aromatic heterocycles. The minimum atomic E-state index is -0.250. The molecule has 3 heteroatoms. The van der Waals surface area contributed by atoms with Gasteiger partial charge in [-0.3, -0.25) is 4.79 Å². The van der Waals surface area contributed by atoms with Gasteiger partial charge in [-0.25, -0.2) is 0 Å². The Labute approximate surface area is 74.0 Å². The second kappa shape index (κ2) is 8.93. The summed E-state index contributed by atoms with van der Waals surface area (Å²) in [6, 6.07) is 0. The molecule has 0 radical (unpaired) electrons. The van der Waals surface area contributed by atoms with Crippen LogP contribution in [0.4, 0.5) is 0 Å². The zero-order valence-electron chi connectivity index (χ0n) is 7.43. The van der Waals surface area contributed by atoms with Crippen LogP contribution in [0.5, 0.6) is 0 Å². The zero-order valence-corrected chi connectivity index (χ0v) is 5.56. The van der Waals surface area contributed by atoms with Gasteiger partial charge in [0.1, 0.15) is 0 Å². The molecule has 0 aliphatic heterocycles. The Hall–Kier alpha value is 1.11. The maximum Gasteiger partial charge on any atom is 1.00 e. The standard InChI is InChI=1S/CH2O2.K/c2-1-3;/h1H,(H,2,3);/q;+1/p+5. The summed E-state index contributed by atoms with van der Waals surface area (Å²) < 4.78 is 0. The van der Waals surface area contributed by atoms with Crippen LogP contribution in [0.15, 0.2) is 0 Å². The van der Waals surface area contributed by atoms with Crippen molar-refractivity contribution >= 4 is 6.47 Å². The average Bonchev–Trinajstić information content (AvgIpc) is 0.918. The zero-order chi connectivity index (χ0) is 2.71. The Kier molecular flexibility index (Phi) is 19.9. The van der Waals surface area contributed by atoms with E-state index in [0.29, 0.717) is 0 Å². The molecule has 0 spiro atoms. The fourth-order valence-corrected chi connectivity index (χ4v) is 0. The third kappa shape index (κ3) is 11.3. The average molecular weight is 90.2 g/mol. The molecule has 0 heterocycles. The number of carbonyl (C=O) groups is 1. The molecule has 2 nitrogen and oxygen atoms in total. The maximum atomic E-state index is 8.36. The van der Waals surface area contributed by atoms with Crippen molar-refractivity contribution in [2.75, 3.05) is 0 Å². The first-order chi connectivity index (χ1) is 1.41. The van der Waals surface area contributed by atoms with E-state index in [2.05, 4.69) is 0 Å². The summed E-state index contributed by atoms with van der Waals surface area (Å²) in [5.41, 5.74) is 0. The van der Waals surface area contributed by atoms with E-state index in [1.54, 1.807) is 0 Å². The van der Waals surface area contributed by atoms with Gasteiger partial charge in [0.05, 0.1) is 0 Å². The van der Waals surface area contributed by atoms with Gasteiger partial charge in [-0.05, 0) is 0 Å². The molecule has 0 aliphatic rings. The fourth-order valence-electron chi connectivity index (χ4n) is 0. The molecule has 0 saturated carbocycles. The molecular formula is CH7KO2+6. The van der Waals surface area contributed by atoms with Gasteiger partial charge in [-0.2, -0.15) is 0 Å². The van der Waals surface area contributed by atoms with Crippen LogP contribution in [0.1, 0.15) is 7.13 Å². The molecule has 0 atom stereocenters. The van der Waals surface area contributed by atoms with E-state index in [0.717, 1.165) is 0 Å². The van der Waals surface area contributed by atoms with Gasteiger partial charge in [0.2, 0.25) is 0 Å². The van der Waals surface area contributed by atoms with Gasteiger partial charge in [0.15, 0.2) is 0 Å². The van der Waals surface area contributed by atoms with Crippen LogP contribution in [0.25, 0.3) is 0 Å². The Morgan fingerprint density at radius 1 is 2.00 bits per heavy atom. The van der Waals surface area contributed by atoms with Crippen LogP contribution in [0.3, 0.4) is 0 Å². The molecule has 0 bridgehead atoms. The molecule has 0 amide bonds. The van der Waals surface area contributed by atoms with E-state index in [1.807, 2.05) is 0 Å². The topological polar surface area (TPSA) is 37.3 Å². The molecule has 4 heavy (non-hydrogen) atoms. The van der Waals surface area contributed by atoms with Crippen LogP contribution in [-0.4, -0.2) is 11.6 Å². The van der Waals surface area contributed by atoms with Crippen LogP contribution in [0.2, 0.25) is 0 Å². The normalized spacial score (nSPS) is 3.00. The summed E-state index contributed by atoms with van der Waals surface area (Å²) in [6.07, 6.45) is 0. The monoisotopic (exact) mass is 90.0 g/mol. The molecule has 0 saturated heterocycles. The minimum absolute atomic E-state index is 0. The second-order valence-electron chi connectivity index (χ2n) is 0.105. The van der Waals surface area contributed by atoms with Crippen molar-refractivity contribution in [1.82, 2.24) is 0 Å². The summed E-state index contributed by atoms with van der Waals surface area (Å²) >= 11 is 0. The largest absolute Gasteiger partial charge is 1.00 e. The third-order valence-corrected chi connectivity index (χ3v) is 0. The van der Waals surface area contributed by atoms with E-state index in [1.165, 1.54) is 0 Å². The van der Waals surface area contributed by atoms with Crippen molar-refractivity contribution in [3.63, 3.8) is 0 Å². The first-order valence-electron chi connectivity index (χ1n) is 0.494. The number of hydrogen-bond acceptors (Lipinski definition) is 1. The molecule has 1 N–H and O–H groups in total. The molecule has 0 rings (SSSR count). The van der Waals surface area contributed by atoms with Gasteiger partial charge in [0.25, 0.3) is 6.47 Å². The van der Waals surface area contributed by atoms with Gasteiger partial charge < -0.3 is 5.11 Å². The third-order valence-electron chi connectivity index (χ3n) is 0. The van der Waals surface area contributed by atoms with E-state index in [-0.39, 0.29) is 65.0 Å². The van der Waals surface area contributed by atoms with Crippen LogP contribution < -0.4 is 51.4 Å². The van der Waals surface area contributed by atoms with Crippen molar-refractivity contribution < 1.29 is 68.4 Å². The van der Waals surface area contributed by atoms with Crippen LogP contribution in [0, 0.1) is 0 Å². The van der Waals surface area contributed by atoms with Crippen LogP contribution in [-0.2, 0) is 4.79 Å². The Morgan fingerprint density at radius 2 is 2.00 bits per heavy atom. The summed E-state index contributed by atoms with van der Waals surface area (Å²) in [4.78, 5) is 8.36. The SMILES string of the molecule is O=CO.[H+].[H+].[H+].[H+].[H+].[K+]. The van der Waals surface area contributed by atoms with Crippen molar-refractivity contribution in [2.45, 2.75) is 0 Å². The van der Waals surface area contributed by atoms with Crippen molar-refractivity contribution in [1.29, 1.82) is 0 Å². The molecule has 0 fully saturated rings. The van der Waals surface area contributed by atoms with Gasteiger partial charge >= 0.3 is 58.5 Å². The van der Waals surface area contributed by atoms with Crippen molar-refractivity contribution in [3.05, 3.63) is 0 Å². The summed E-state index contributed by atoms with van der Waals surface area (Å²) in [6.45, 7) is -0.250. The van der Waals surface area contributed by atoms with Gasteiger partial charge in [0, 0.05) is 0 Å². The fraction of sp³-hybridized carbons (Fsp3) is 0. The Balaban J connectivity index is -0.00000000133. The molecule has 0 aromatic rings. The first kappa shape index (κ1) is 8.92. The van der Waals surface area contributed by atoms with Gasteiger partial charge in [-0.15, -0.1) is 0 Å². The second-order valence-corrected chi connectivity index (χ2v) is 0.105. The molecule has 0 unspecified atom stereocenters. The van der Waals surface area contributed by atoms with E-state index >= 15 is 0 Å². The van der Waals surface area contributed by atoms with E-state index < -0.39 is 0 Å². The quantitative estimate of drug-likeness (QED) is 0.259.